The van der Waals surface area contributed by atoms with E-state index in [1.54, 1.807) is 50.3 Å². The van der Waals surface area contributed by atoms with Gasteiger partial charge < -0.3 is 0 Å². The molecule has 0 aliphatic heterocycles. The maximum absolute atomic E-state index is 12.4. The smallest absolute Gasteiger partial charge is 0.263 e. The van der Waals surface area contributed by atoms with Crippen LogP contribution in [0, 0.1) is 36.5 Å². The minimum atomic E-state index is -4.28. The molecule has 182 valence electrons. The highest BCUT2D eigenvalue weighted by atomic mass is 32.2. The largest absolute Gasteiger partial charge is 0.358 e. The Labute approximate surface area is 208 Å². The highest BCUT2D eigenvalue weighted by Gasteiger charge is 2.18. The molecular weight excluding hydrogens is 504 g/mol. The van der Waals surface area contributed by atoms with Gasteiger partial charge in [-0.2, -0.15) is 27.4 Å². The summed E-state index contributed by atoms with van der Waals surface area (Å²) < 4.78 is 58.8. The van der Waals surface area contributed by atoms with Gasteiger partial charge in [0.15, 0.2) is 11.4 Å². The lowest BCUT2D eigenvalue weighted by atomic mass is 10.0. The fourth-order valence-electron chi connectivity index (χ4n) is 2.76. The minimum absolute atomic E-state index is 0.0958. The van der Waals surface area contributed by atoms with Crippen molar-refractivity contribution in [2.75, 3.05) is 0 Å². The van der Waals surface area contributed by atoms with E-state index in [0.717, 1.165) is 11.1 Å². The van der Waals surface area contributed by atoms with Crippen molar-refractivity contribution >= 4 is 31.7 Å². The van der Waals surface area contributed by atoms with Crippen molar-refractivity contribution < 1.29 is 25.4 Å². The first-order valence-corrected chi connectivity index (χ1v) is 12.9. The van der Waals surface area contributed by atoms with Crippen LogP contribution in [-0.2, 0) is 28.8 Å². The first-order valence-electron chi connectivity index (χ1n) is 10.1. The molecule has 0 fully saturated rings. The molecule has 0 radical (unpaired) electrons. The Balaban J connectivity index is 1.86. The van der Waals surface area contributed by atoms with Gasteiger partial charge in [-0.3, -0.25) is 8.57 Å². The van der Waals surface area contributed by atoms with E-state index in [9.17, 15) is 27.4 Å². The summed E-state index contributed by atoms with van der Waals surface area (Å²) in [4.78, 5) is -0.289. The zero-order chi connectivity index (χ0) is 26.3. The zero-order valence-corrected chi connectivity index (χ0v) is 20.6. The Bertz CT molecular complexity index is 1510. The third-order valence-corrected chi connectivity index (χ3v) is 6.93. The Morgan fingerprint density at radius 3 is 1.36 bits per heavy atom. The van der Waals surface area contributed by atoms with Crippen molar-refractivity contribution in [2.24, 2.45) is 10.3 Å². The summed E-state index contributed by atoms with van der Waals surface area (Å²) >= 11 is 0. The Kier molecular flexibility index (Phi) is 7.84. The number of nitrogens with zero attached hydrogens (tertiary/aromatic N) is 4. The van der Waals surface area contributed by atoms with Gasteiger partial charge in [0.1, 0.15) is 21.9 Å². The zero-order valence-electron chi connectivity index (χ0n) is 19.0. The van der Waals surface area contributed by atoms with E-state index >= 15 is 0 Å². The van der Waals surface area contributed by atoms with Gasteiger partial charge >= 0.3 is 20.2 Å². The summed E-state index contributed by atoms with van der Waals surface area (Å²) in [6, 6.07) is 20.7. The second-order valence-electron chi connectivity index (χ2n) is 7.37. The van der Waals surface area contributed by atoms with E-state index in [4.69, 9.17) is 0 Å². The molecule has 0 aliphatic carbocycles. The van der Waals surface area contributed by atoms with Crippen molar-refractivity contribution in [3.63, 3.8) is 0 Å². The van der Waals surface area contributed by atoms with Crippen LogP contribution < -0.4 is 0 Å². The van der Waals surface area contributed by atoms with Gasteiger partial charge in [-0.25, -0.2) is 0 Å². The van der Waals surface area contributed by atoms with Crippen LogP contribution in [0.2, 0.25) is 0 Å². The van der Waals surface area contributed by atoms with Crippen LogP contribution in [0.25, 0.3) is 0 Å². The fraction of sp³-hybridized carbons (Fsp3) is 0.0833. The number of rotatable bonds is 8. The normalized spacial score (nSPS) is 12.3. The van der Waals surface area contributed by atoms with Crippen molar-refractivity contribution in [1.82, 2.24) is 0 Å². The predicted octanol–water partition coefficient (Wildman–Crippen LogP) is 3.57. The van der Waals surface area contributed by atoms with E-state index in [1.807, 2.05) is 0 Å². The van der Waals surface area contributed by atoms with Crippen LogP contribution in [0.3, 0.4) is 0 Å². The summed E-state index contributed by atoms with van der Waals surface area (Å²) in [6.07, 6.45) is 0. The van der Waals surface area contributed by atoms with E-state index in [-0.39, 0.29) is 20.9 Å². The molecule has 0 bridgehead atoms. The average Bonchev–Trinajstić information content (AvgIpc) is 2.85. The summed E-state index contributed by atoms with van der Waals surface area (Å²) in [5.41, 5.74) is 1.07. The molecule has 0 saturated carbocycles. The molecule has 10 nitrogen and oxygen atoms in total. The van der Waals surface area contributed by atoms with Crippen LogP contribution in [0.15, 0.2) is 92.9 Å². The first-order chi connectivity index (χ1) is 17.1. The Morgan fingerprint density at radius 2 is 1.03 bits per heavy atom. The lowest BCUT2D eigenvalue weighted by Gasteiger charge is -2.05. The van der Waals surface area contributed by atoms with Crippen LogP contribution >= 0.6 is 0 Å². The summed E-state index contributed by atoms with van der Waals surface area (Å²) in [5.74, 6) is 0. The molecule has 0 atom stereocenters. The van der Waals surface area contributed by atoms with Gasteiger partial charge in [-0.1, -0.05) is 63.9 Å². The number of oxime groups is 2. The van der Waals surface area contributed by atoms with E-state index in [2.05, 4.69) is 18.9 Å². The Morgan fingerprint density at radius 1 is 0.667 bits per heavy atom. The first kappa shape index (κ1) is 26.1. The van der Waals surface area contributed by atoms with Crippen molar-refractivity contribution in [3.05, 3.63) is 95.1 Å². The lowest BCUT2D eigenvalue weighted by Crippen LogP contribution is -2.08. The molecule has 0 spiro atoms. The topological polar surface area (TPSA) is 159 Å². The number of aryl methyl sites for hydroxylation is 2. The third-order valence-electron chi connectivity index (χ3n) is 4.69. The van der Waals surface area contributed by atoms with Gasteiger partial charge in [-0.15, -0.1) is 0 Å². The highest BCUT2D eigenvalue weighted by molar-refractivity contribution is 7.87. The molecule has 0 heterocycles. The fourth-order valence-corrected chi connectivity index (χ4v) is 4.21. The molecule has 0 aromatic heterocycles. The molecule has 12 heteroatoms. The van der Waals surface area contributed by atoms with Crippen LogP contribution in [0.4, 0.5) is 0 Å². The molecule has 0 aliphatic rings. The molecule has 3 aromatic rings. The van der Waals surface area contributed by atoms with Crippen LogP contribution in [0.5, 0.6) is 0 Å². The van der Waals surface area contributed by atoms with Crippen molar-refractivity contribution in [2.45, 2.75) is 23.6 Å². The van der Waals surface area contributed by atoms with Crippen molar-refractivity contribution in [1.29, 1.82) is 10.5 Å². The average molecular weight is 523 g/mol. The molecule has 0 amide bonds. The lowest BCUT2D eigenvalue weighted by molar-refractivity contribution is 0.339. The second kappa shape index (κ2) is 10.8. The molecule has 36 heavy (non-hydrogen) atoms. The third kappa shape index (κ3) is 6.33. The SMILES string of the molecule is Cc1ccc(S(=O)(=O)ON=C(C#N)c2cccc(C(C#N)=NOS(=O)(=O)c3ccc(C)cc3)c2)cc1. The van der Waals surface area contributed by atoms with Gasteiger partial charge in [0.05, 0.1) is 0 Å². The molecule has 3 aromatic carbocycles. The standard InChI is InChI=1S/C24H18N4O6S2/c1-17-6-10-21(11-7-17)35(29,30)33-27-23(15-25)19-4-3-5-20(14-19)24(16-26)28-34-36(31,32)22-12-8-18(2)9-13-22/h3-14H,1-2H3. The minimum Gasteiger partial charge on any atom is -0.263 e. The van der Waals surface area contributed by atoms with Gasteiger partial charge in [0.25, 0.3) is 0 Å². The Hall–Kier alpha value is -4.52. The monoisotopic (exact) mass is 522 g/mol. The number of hydrogen-bond donors (Lipinski definition) is 0. The van der Waals surface area contributed by atoms with Crippen LogP contribution in [-0.4, -0.2) is 28.3 Å². The quantitative estimate of drug-likeness (QED) is 0.321. The maximum atomic E-state index is 12.4. The highest BCUT2D eigenvalue weighted by Crippen LogP contribution is 2.17. The van der Waals surface area contributed by atoms with E-state index < -0.39 is 31.7 Å². The molecule has 0 unspecified atom stereocenters. The number of hydrogen-bond acceptors (Lipinski definition) is 10. The summed E-state index contributed by atoms with van der Waals surface area (Å²) in [7, 11) is -8.55. The maximum Gasteiger partial charge on any atom is 0.358 e. The molecule has 0 saturated heterocycles. The predicted molar refractivity (Wildman–Crippen MR) is 130 cm³/mol. The second-order valence-corrected chi connectivity index (χ2v) is 10.4. The number of benzene rings is 3. The van der Waals surface area contributed by atoms with E-state index in [1.165, 1.54) is 48.5 Å². The van der Waals surface area contributed by atoms with Gasteiger partial charge in [0, 0.05) is 11.1 Å². The molecule has 3 rings (SSSR count). The van der Waals surface area contributed by atoms with E-state index in [0.29, 0.717) is 0 Å². The molecule has 0 N–H and O–H groups in total. The van der Waals surface area contributed by atoms with Crippen molar-refractivity contribution in [3.8, 4) is 12.1 Å². The van der Waals surface area contributed by atoms with Crippen LogP contribution in [0.1, 0.15) is 22.3 Å². The number of nitriles is 2. The van der Waals surface area contributed by atoms with Gasteiger partial charge in [0.2, 0.25) is 0 Å². The summed E-state index contributed by atoms with van der Waals surface area (Å²) in [5, 5.41) is 25.9. The summed E-state index contributed by atoms with van der Waals surface area (Å²) in [6.45, 7) is 3.58. The molecular formula is C24H18N4O6S2. The van der Waals surface area contributed by atoms with Gasteiger partial charge in [-0.05, 0) is 44.2 Å².